The number of fused-ring (bicyclic) bond motifs is 1. The molecular formula is C22H25BrN2O3. The van der Waals surface area contributed by atoms with Gasteiger partial charge in [0.2, 0.25) is 0 Å². The first kappa shape index (κ1) is 20.4. The molecule has 0 atom stereocenters. The summed E-state index contributed by atoms with van der Waals surface area (Å²) in [4.78, 5) is 26.7. The van der Waals surface area contributed by atoms with E-state index in [0.29, 0.717) is 18.7 Å². The highest BCUT2D eigenvalue weighted by molar-refractivity contribution is 9.10. The average molecular weight is 445 g/mol. The van der Waals surface area contributed by atoms with E-state index in [1.54, 1.807) is 11.0 Å². The monoisotopic (exact) mass is 444 g/mol. The Hall–Kier alpha value is -2.34. The molecule has 2 aromatic carbocycles. The van der Waals surface area contributed by atoms with Crippen LogP contribution in [-0.2, 0) is 17.7 Å². The number of nitrogens with one attached hydrogen (secondary N) is 1. The van der Waals surface area contributed by atoms with E-state index in [-0.39, 0.29) is 12.0 Å². The Balaban J connectivity index is 1.74. The van der Waals surface area contributed by atoms with Crippen LogP contribution >= 0.6 is 15.9 Å². The van der Waals surface area contributed by atoms with E-state index in [9.17, 15) is 9.59 Å². The summed E-state index contributed by atoms with van der Waals surface area (Å²) in [5.41, 5.74) is 3.96. The second kappa shape index (κ2) is 7.95. The van der Waals surface area contributed by atoms with Crippen molar-refractivity contribution in [3.05, 3.63) is 63.1 Å². The minimum atomic E-state index is -0.518. The van der Waals surface area contributed by atoms with Crippen LogP contribution in [0.15, 0.2) is 40.9 Å². The molecule has 6 heteroatoms. The standard InChI is InChI=1S/C22H25BrN2O3/c1-14-11-17(23)6-8-19(14)20(26)24-18-7-5-15-9-10-25(13-16(15)12-18)21(27)28-22(2,3)4/h5-8,11-12H,9-10,13H2,1-4H3,(H,24,26). The van der Waals surface area contributed by atoms with Gasteiger partial charge in [-0.3, -0.25) is 4.79 Å². The second-order valence-electron chi connectivity index (χ2n) is 8.05. The number of rotatable bonds is 2. The van der Waals surface area contributed by atoms with Crippen molar-refractivity contribution in [3.8, 4) is 0 Å². The normalized spacial score (nSPS) is 13.7. The van der Waals surface area contributed by atoms with E-state index in [4.69, 9.17) is 4.74 Å². The Kier molecular flexibility index (Phi) is 5.79. The molecule has 0 radical (unpaired) electrons. The number of nitrogens with zero attached hydrogens (tertiary/aromatic N) is 1. The molecule has 0 fully saturated rings. The third kappa shape index (κ3) is 4.93. The van der Waals surface area contributed by atoms with Gasteiger partial charge in [0.05, 0.1) is 0 Å². The van der Waals surface area contributed by atoms with Gasteiger partial charge in [0, 0.05) is 28.8 Å². The van der Waals surface area contributed by atoms with Crippen LogP contribution in [0.5, 0.6) is 0 Å². The van der Waals surface area contributed by atoms with E-state index in [0.717, 1.165) is 27.7 Å². The summed E-state index contributed by atoms with van der Waals surface area (Å²) in [5, 5.41) is 2.96. The highest BCUT2D eigenvalue weighted by Crippen LogP contribution is 2.25. The molecule has 148 valence electrons. The molecule has 1 aliphatic rings. The minimum Gasteiger partial charge on any atom is -0.444 e. The number of aryl methyl sites for hydroxylation is 1. The van der Waals surface area contributed by atoms with Gasteiger partial charge in [-0.25, -0.2) is 4.79 Å². The number of anilines is 1. The molecule has 0 unspecified atom stereocenters. The molecule has 0 aromatic heterocycles. The maximum atomic E-state index is 12.6. The zero-order valence-corrected chi connectivity index (χ0v) is 18.2. The van der Waals surface area contributed by atoms with Crippen LogP contribution < -0.4 is 5.32 Å². The molecule has 0 aliphatic carbocycles. The first-order valence-electron chi connectivity index (χ1n) is 9.29. The number of carbonyl (C=O) groups is 2. The van der Waals surface area contributed by atoms with Crippen LogP contribution in [-0.4, -0.2) is 29.0 Å². The predicted octanol–water partition coefficient (Wildman–Crippen LogP) is 5.30. The topological polar surface area (TPSA) is 58.6 Å². The number of ether oxygens (including phenoxy) is 1. The molecule has 2 aromatic rings. The Labute approximate surface area is 174 Å². The predicted molar refractivity (Wildman–Crippen MR) is 114 cm³/mol. The van der Waals surface area contributed by atoms with Crippen molar-refractivity contribution >= 4 is 33.6 Å². The largest absolute Gasteiger partial charge is 0.444 e. The van der Waals surface area contributed by atoms with E-state index >= 15 is 0 Å². The maximum Gasteiger partial charge on any atom is 0.410 e. The lowest BCUT2D eigenvalue weighted by atomic mass is 9.99. The molecule has 0 saturated heterocycles. The van der Waals surface area contributed by atoms with Gasteiger partial charge in [0.25, 0.3) is 5.91 Å². The number of hydrogen-bond acceptors (Lipinski definition) is 3. The smallest absolute Gasteiger partial charge is 0.410 e. The van der Waals surface area contributed by atoms with E-state index in [2.05, 4.69) is 21.2 Å². The summed E-state index contributed by atoms with van der Waals surface area (Å²) < 4.78 is 6.42. The Morgan fingerprint density at radius 2 is 1.86 bits per heavy atom. The summed E-state index contributed by atoms with van der Waals surface area (Å²) in [6.45, 7) is 8.60. The molecule has 3 rings (SSSR count). The molecule has 1 N–H and O–H groups in total. The van der Waals surface area contributed by atoms with Crippen molar-refractivity contribution < 1.29 is 14.3 Å². The van der Waals surface area contributed by atoms with Gasteiger partial charge in [-0.1, -0.05) is 22.0 Å². The third-order valence-corrected chi connectivity index (χ3v) is 5.05. The number of hydrogen-bond donors (Lipinski definition) is 1. The van der Waals surface area contributed by atoms with Crippen molar-refractivity contribution in [1.29, 1.82) is 0 Å². The van der Waals surface area contributed by atoms with Crippen molar-refractivity contribution in [3.63, 3.8) is 0 Å². The summed E-state index contributed by atoms with van der Waals surface area (Å²) in [7, 11) is 0. The Morgan fingerprint density at radius 1 is 1.11 bits per heavy atom. The zero-order valence-electron chi connectivity index (χ0n) is 16.6. The van der Waals surface area contributed by atoms with Crippen LogP contribution in [0.4, 0.5) is 10.5 Å². The third-order valence-electron chi connectivity index (χ3n) is 4.56. The van der Waals surface area contributed by atoms with Gasteiger partial charge in [-0.2, -0.15) is 0 Å². The molecule has 1 heterocycles. The first-order chi connectivity index (χ1) is 13.1. The van der Waals surface area contributed by atoms with Gasteiger partial charge in [0.1, 0.15) is 5.60 Å². The highest BCUT2D eigenvalue weighted by atomic mass is 79.9. The van der Waals surface area contributed by atoms with Crippen molar-refractivity contribution in [1.82, 2.24) is 4.90 Å². The number of halogens is 1. The molecule has 28 heavy (non-hydrogen) atoms. The van der Waals surface area contributed by atoms with Gasteiger partial charge in [-0.05, 0) is 81.1 Å². The van der Waals surface area contributed by atoms with E-state index < -0.39 is 5.60 Å². The fourth-order valence-electron chi connectivity index (χ4n) is 3.20. The molecule has 5 nitrogen and oxygen atoms in total. The van der Waals surface area contributed by atoms with Gasteiger partial charge < -0.3 is 15.0 Å². The molecule has 1 aliphatic heterocycles. The fourth-order valence-corrected chi connectivity index (χ4v) is 3.67. The van der Waals surface area contributed by atoms with E-state index in [1.165, 1.54) is 5.56 Å². The fraction of sp³-hybridized carbons (Fsp3) is 0.364. The average Bonchev–Trinajstić information content (AvgIpc) is 2.59. The van der Waals surface area contributed by atoms with Crippen LogP contribution in [0.25, 0.3) is 0 Å². The number of carbonyl (C=O) groups excluding carboxylic acids is 2. The van der Waals surface area contributed by atoms with Crippen molar-refractivity contribution in [2.24, 2.45) is 0 Å². The van der Waals surface area contributed by atoms with Gasteiger partial charge in [-0.15, -0.1) is 0 Å². The molecule has 0 bridgehead atoms. The Morgan fingerprint density at radius 3 is 2.54 bits per heavy atom. The van der Waals surface area contributed by atoms with Crippen LogP contribution in [0, 0.1) is 6.92 Å². The maximum absolute atomic E-state index is 12.6. The first-order valence-corrected chi connectivity index (χ1v) is 10.1. The summed E-state index contributed by atoms with van der Waals surface area (Å²) >= 11 is 3.41. The Bertz CT molecular complexity index is 918. The zero-order chi connectivity index (χ0) is 20.5. The van der Waals surface area contributed by atoms with E-state index in [1.807, 2.05) is 58.0 Å². The quantitative estimate of drug-likeness (QED) is 0.682. The summed E-state index contributed by atoms with van der Waals surface area (Å²) in [5.74, 6) is -0.148. The number of benzene rings is 2. The molecule has 0 spiro atoms. The summed E-state index contributed by atoms with van der Waals surface area (Å²) in [6, 6.07) is 11.4. The van der Waals surface area contributed by atoms with Crippen LogP contribution in [0.3, 0.4) is 0 Å². The minimum absolute atomic E-state index is 0.148. The van der Waals surface area contributed by atoms with Gasteiger partial charge >= 0.3 is 6.09 Å². The lowest BCUT2D eigenvalue weighted by Crippen LogP contribution is -2.39. The highest BCUT2D eigenvalue weighted by Gasteiger charge is 2.26. The van der Waals surface area contributed by atoms with Crippen LogP contribution in [0.2, 0.25) is 0 Å². The van der Waals surface area contributed by atoms with Gasteiger partial charge in [0.15, 0.2) is 0 Å². The molecule has 0 saturated carbocycles. The molecular weight excluding hydrogens is 420 g/mol. The van der Waals surface area contributed by atoms with Crippen molar-refractivity contribution in [2.75, 3.05) is 11.9 Å². The SMILES string of the molecule is Cc1cc(Br)ccc1C(=O)Nc1ccc2c(c1)CN(C(=O)OC(C)(C)C)CC2. The molecule has 2 amide bonds. The second-order valence-corrected chi connectivity index (χ2v) is 8.96. The lowest BCUT2D eigenvalue weighted by Gasteiger charge is -2.31. The van der Waals surface area contributed by atoms with Crippen molar-refractivity contribution in [2.45, 2.75) is 46.3 Å². The van der Waals surface area contributed by atoms with Crippen LogP contribution in [0.1, 0.15) is 47.8 Å². The number of amides is 2. The lowest BCUT2D eigenvalue weighted by molar-refractivity contribution is 0.0224. The summed E-state index contributed by atoms with van der Waals surface area (Å²) in [6.07, 6.45) is 0.465.